The highest BCUT2D eigenvalue weighted by molar-refractivity contribution is 6.01. The van der Waals surface area contributed by atoms with Crippen LogP contribution in [0.5, 0.6) is 0 Å². The standard InChI is InChI=1S/C29H26F4N2O4/c1-16-12-19(26(39-16)29(31,32)33)15-34-28(37)35-20-9-11-24(35)25(27(36)38-2)22(14-20)18-8-10-21(23(30)13-18)17-6-4-3-5-7-17/h3-8,10,12-13,20,24H,9,11,14-15H2,1-2H3,(H,34,37)/t20-,24+/m0/s1. The van der Waals surface area contributed by atoms with Crippen LogP contribution in [0.15, 0.2) is 64.6 Å². The molecule has 1 saturated heterocycles. The van der Waals surface area contributed by atoms with Crippen LogP contribution in [-0.4, -0.2) is 36.1 Å². The first-order chi connectivity index (χ1) is 18.6. The lowest BCUT2D eigenvalue weighted by Crippen LogP contribution is -2.50. The predicted molar refractivity (Wildman–Crippen MR) is 135 cm³/mol. The summed E-state index contributed by atoms with van der Waals surface area (Å²) < 4.78 is 65.0. The lowest BCUT2D eigenvalue weighted by Gasteiger charge is -2.37. The van der Waals surface area contributed by atoms with E-state index in [0.29, 0.717) is 29.5 Å². The van der Waals surface area contributed by atoms with E-state index >= 15 is 4.39 Å². The molecule has 2 aromatic carbocycles. The second-order valence-electron chi connectivity index (χ2n) is 9.67. The first-order valence-corrected chi connectivity index (χ1v) is 12.5. The van der Waals surface area contributed by atoms with Gasteiger partial charge in [-0.2, -0.15) is 13.2 Å². The molecule has 5 rings (SSSR count). The third-order valence-corrected chi connectivity index (χ3v) is 7.26. The maximum Gasteiger partial charge on any atom is 0.449 e. The minimum absolute atomic E-state index is 0.0793. The lowest BCUT2D eigenvalue weighted by atomic mass is 9.87. The fourth-order valence-electron chi connectivity index (χ4n) is 5.62. The molecule has 2 aliphatic heterocycles. The van der Waals surface area contributed by atoms with Gasteiger partial charge in [0.15, 0.2) is 0 Å². The van der Waals surface area contributed by atoms with E-state index in [4.69, 9.17) is 9.15 Å². The fourth-order valence-corrected chi connectivity index (χ4v) is 5.62. The number of ether oxygens (including phenoxy) is 1. The summed E-state index contributed by atoms with van der Waals surface area (Å²) in [5.41, 5.74) is 2.33. The number of benzene rings is 2. The molecule has 1 N–H and O–H groups in total. The lowest BCUT2D eigenvalue weighted by molar-refractivity contribution is -0.154. The van der Waals surface area contributed by atoms with Crippen molar-refractivity contribution in [1.82, 2.24) is 10.2 Å². The van der Waals surface area contributed by atoms with Gasteiger partial charge in [-0.05, 0) is 55.0 Å². The van der Waals surface area contributed by atoms with E-state index in [2.05, 4.69) is 5.32 Å². The number of nitrogens with one attached hydrogen (secondary N) is 1. The van der Waals surface area contributed by atoms with Crippen LogP contribution in [0.3, 0.4) is 0 Å². The molecule has 2 amide bonds. The third-order valence-electron chi connectivity index (χ3n) is 7.26. The number of urea groups is 1. The second-order valence-corrected chi connectivity index (χ2v) is 9.67. The number of esters is 1. The Bertz CT molecular complexity index is 1450. The van der Waals surface area contributed by atoms with Crippen LogP contribution in [0, 0.1) is 12.7 Å². The largest absolute Gasteiger partial charge is 0.466 e. The van der Waals surface area contributed by atoms with Gasteiger partial charge in [0.05, 0.1) is 18.7 Å². The average molecular weight is 543 g/mol. The van der Waals surface area contributed by atoms with Crippen molar-refractivity contribution in [3.63, 3.8) is 0 Å². The van der Waals surface area contributed by atoms with Crippen LogP contribution in [0.2, 0.25) is 0 Å². The predicted octanol–water partition coefficient (Wildman–Crippen LogP) is 6.49. The summed E-state index contributed by atoms with van der Waals surface area (Å²) in [4.78, 5) is 27.7. The summed E-state index contributed by atoms with van der Waals surface area (Å²) in [6.07, 6.45) is -3.38. The van der Waals surface area contributed by atoms with E-state index in [1.54, 1.807) is 24.3 Å². The number of halogens is 4. The number of hydrogen-bond acceptors (Lipinski definition) is 4. The maximum absolute atomic E-state index is 15.2. The van der Waals surface area contributed by atoms with Crippen LogP contribution in [0.1, 0.15) is 41.9 Å². The normalized spacial score (nSPS) is 18.9. The van der Waals surface area contributed by atoms with Crippen molar-refractivity contribution >= 4 is 17.6 Å². The Morgan fingerprint density at radius 2 is 1.82 bits per heavy atom. The summed E-state index contributed by atoms with van der Waals surface area (Å²) in [5, 5.41) is 2.55. The Morgan fingerprint density at radius 1 is 1.08 bits per heavy atom. The molecule has 3 aromatic rings. The molecule has 2 aliphatic rings. The van der Waals surface area contributed by atoms with Crippen molar-refractivity contribution in [3.05, 3.63) is 88.6 Å². The van der Waals surface area contributed by atoms with E-state index < -0.39 is 42.3 Å². The number of rotatable bonds is 5. The number of methoxy groups -OCH3 is 1. The van der Waals surface area contributed by atoms with Gasteiger partial charge in [0.1, 0.15) is 11.6 Å². The van der Waals surface area contributed by atoms with E-state index in [9.17, 15) is 22.8 Å². The molecule has 0 saturated carbocycles. The van der Waals surface area contributed by atoms with Crippen LogP contribution in [0.25, 0.3) is 16.7 Å². The molecule has 6 nitrogen and oxygen atoms in total. The number of carbonyl (C=O) groups excluding carboxylic acids is 2. The average Bonchev–Trinajstić information content (AvgIpc) is 3.45. The van der Waals surface area contributed by atoms with E-state index in [0.717, 1.165) is 5.56 Å². The molecule has 1 fully saturated rings. The van der Waals surface area contributed by atoms with Gasteiger partial charge in [-0.25, -0.2) is 14.0 Å². The Balaban J connectivity index is 1.43. The van der Waals surface area contributed by atoms with E-state index in [-0.39, 0.29) is 29.4 Å². The zero-order valence-corrected chi connectivity index (χ0v) is 21.3. The van der Waals surface area contributed by atoms with Crippen LogP contribution >= 0.6 is 0 Å². The van der Waals surface area contributed by atoms with E-state index in [1.807, 2.05) is 18.2 Å². The zero-order chi connectivity index (χ0) is 27.9. The molecular formula is C29H26F4N2O4. The molecular weight excluding hydrogens is 516 g/mol. The highest BCUT2D eigenvalue weighted by Gasteiger charge is 2.47. The number of aryl methyl sites for hydroxylation is 1. The van der Waals surface area contributed by atoms with Gasteiger partial charge in [-0.15, -0.1) is 0 Å². The van der Waals surface area contributed by atoms with E-state index in [1.165, 1.54) is 31.1 Å². The fraction of sp³-hybridized carbons (Fsp3) is 0.310. The summed E-state index contributed by atoms with van der Waals surface area (Å²) in [7, 11) is 1.23. The number of fused-ring (bicyclic) bond motifs is 2. The van der Waals surface area contributed by atoms with Crippen molar-refractivity contribution in [2.45, 2.75) is 51.0 Å². The quantitative estimate of drug-likeness (QED) is 0.296. The molecule has 0 aliphatic carbocycles. The van der Waals surface area contributed by atoms with Gasteiger partial charge in [0.25, 0.3) is 0 Å². The van der Waals surface area contributed by atoms with Gasteiger partial charge >= 0.3 is 18.2 Å². The molecule has 0 unspecified atom stereocenters. The molecule has 1 aromatic heterocycles. The number of carbonyl (C=O) groups is 2. The first kappa shape index (κ1) is 26.5. The zero-order valence-electron chi connectivity index (χ0n) is 21.3. The highest BCUT2D eigenvalue weighted by Crippen LogP contribution is 2.44. The number of nitrogens with zero attached hydrogens (tertiary/aromatic N) is 1. The molecule has 2 atom stereocenters. The molecule has 2 bridgehead atoms. The molecule has 204 valence electrons. The van der Waals surface area contributed by atoms with Crippen molar-refractivity contribution in [1.29, 1.82) is 0 Å². The maximum atomic E-state index is 15.2. The Morgan fingerprint density at radius 3 is 2.49 bits per heavy atom. The molecule has 0 spiro atoms. The molecule has 3 heterocycles. The van der Waals surface area contributed by atoms with Crippen LogP contribution < -0.4 is 5.32 Å². The second kappa shape index (κ2) is 10.2. The minimum atomic E-state index is -4.69. The molecule has 0 radical (unpaired) electrons. The van der Waals surface area contributed by atoms with Gasteiger partial charge in [-0.1, -0.05) is 42.5 Å². The number of hydrogen-bond donors (Lipinski definition) is 1. The van der Waals surface area contributed by atoms with Gasteiger partial charge in [0.2, 0.25) is 5.76 Å². The summed E-state index contributed by atoms with van der Waals surface area (Å²) in [5.74, 6) is -2.15. The Kier molecular flexibility index (Phi) is 6.96. The van der Waals surface area contributed by atoms with Crippen molar-refractivity contribution in [2.75, 3.05) is 7.11 Å². The highest BCUT2D eigenvalue weighted by atomic mass is 19.4. The summed E-state index contributed by atoms with van der Waals surface area (Å²) >= 11 is 0. The van der Waals surface area contributed by atoms with Crippen molar-refractivity contribution in [2.24, 2.45) is 0 Å². The number of amides is 2. The molecule has 10 heteroatoms. The number of alkyl halides is 3. The minimum Gasteiger partial charge on any atom is -0.466 e. The summed E-state index contributed by atoms with van der Waals surface area (Å²) in [6, 6.07) is 13.5. The van der Waals surface area contributed by atoms with Crippen LogP contribution in [0.4, 0.5) is 22.4 Å². The third kappa shape index (κ3) is 5.03. The van der Waals surface area contributed by atoms with Gasteiger partial charge in [0, 0.05) is 23.7 Å². The van der Waals surface area contributed by atoms with Crippen LogP contribution in [-0.2, 0) is 22.3 Å². The number of furan rings is 1. The van der Waals surface area contributed by atoms with Crippen molar-refractivity contribution in [3.8, 4) is 11.1 Å². The van der Waals surface area contributed by atoms with Gasteiger partial charge < -0.3 is 19.4 Å². The SMILES string of the molecule is COC(=O)C1=C(c2ccc(-c3ccccc3)c(F)c2)C[C@@H]2CC[C@H]1N2C(=O)NCc1cc(C)oc1C(F)(F)F. The van der Waals surface area contributed by atoms with Crippen molar-refractivity contribution < 1.29 is 36.3 Å². The summed E-state index contributed by atoms with van der Waals surface area (Å²) in [6.45, 7) is 1.01. The Hall–Kier alpha value is -4.08. The Labute approximate surface area is 222 Å². The van der Waals surface area contributed by atoms with Gasteiger partial charge in [-0.3, -0.25) is 0 Å². The monoisotopic (exact) mass is 542 g/mol. The molecule has 39 heavy (non-hydrogen) atoms. The topological polar surface area (TPSA) is 71.8 Å². The first-order valence-electron chi connectivity index (χ1n) is 12.5. The smallest absolute Gasteiger partial charge is 0.449 e.